The van der Waals surface area contributed by atoms with Crippen LogP contribution in [0, 0.1) is 11.8 Å². The number of carbonyl (C=O) groups is 4. The lowest BCUT2D eigenvalue weighted by atomic mass is 10.1. The van der Waals surface area contributed by atoms with Gasteiger partial charge >= 0.3 is 5.97 Å². The molecular weight excluding hydrogens is 494 g/mol. The highest BCUT2D eigenvalue weighted by atomic mass is 16.5. The van der Waals surface area contributed by atoms with Gasteiger partial charge in [-0.2, -0.15) is 0 Å². The first-order chi connectivity index (χ1) is 18.9. The van der Waals surface area contributed by atoms with E-state index in [0.29, 0.717) is 35.6 Å². The van der Waals surface area contributed by atoms with Crippen LogP contribution in [0.4, 0.5) is 5.69 Å². The second kappa shape index (κ2) is 11.4. The van der Waals surface area contributed by atoms with E-state index in [0.717, 1.165) is 31.2 Å². The van der Waals surface area contributed by atoms with Gasteiger partial charge in [0.25, 0.3) is 11.7 Å². The van der Waals surface area contributed by atoms with Crippen LogP contribution in [0.3, 0.4) is 0 Å². The first kappa shape index (κ1) is 26.7. The van der Waals surface area contributed by atoms with E-state index in [1.165, 1.54) is 0 Å². The van der Waals surface area contributed by atoms with Gasteiger partial charge in [0.1, 0.15) is 6.54 Å². The van der Waals surface area contributed by atoms with Gasteiger partial charge in [-0.15, -0.1) is 0 Å². The van der Waals surface area contributed by atoms with Crippen molar-refractivity contribution < 1.29 is 23.9 Å². The van der Waals surface area contributed by atoms with E-state index in [2.05, 4.69) is 5.32 Å². The van der Waals surface area contributed by atoms with Gasteiger partial charge in [0, 0.05) is 41.8 Å². The molecule has 2 aliphatic carbocycles. The van der Waals surface area contributed by atoms with Crippen molar-refractivity contribution in [3.05, 3.63) is 65.9 Å². The lowest BCUT2D eigenvalue weighted by molar-refractivity contribution is -0.143. The van der Waals surface area contributed by atoms with Crippen LogP contribution < -0.4 is 5.32 Å². The SMILES string of the molecule is CCCN(CC1CC1)C(=O)C(=O)c1cn(CC(=O)OCC)c2ccc(NC(=O)[C@H]3C[C@H]3c3ccccc3)cc12. The van der Waals surface area contributed by atoms with Gasteiger partial charge in [-0.05, 0) is 68.2 Å². The molecule has 8 heteroatoms. The molecule has 0 radical (unpaired) electrons. The number of anilines is 1. The van der Waals surface area contributed by atoms with Crippen molar-refractivity contribution in [3.63, 3.8) is 0 Å². The van der Waals surface area contributed by atoms with Gasteiger partial charge in [0.15, 0.2) is 0 Å². The van der Waals surface area contributed by atoms with Crippen LogP contribution >= 0.6 is 0 Å². The number of esters is 1. The second-order valence-corrected chi connectivity index (χ2v) is 10.6. The number of amides is 2. The maximum atomic E-state index is 13.5. The molecule has 3 aromatic rings. The minimum absolute atomic E-state index is 0.0725. The summed E-state index contributed by atoms with van der Waals surface area (Å²) in [5.74, 6) is -1.09. The van der Waals surface area contributed by atoms with Crippen LogP contribution in [0.1, 0.15) is 61.4 Å². The molecule has 0 unspecified atom stereocenters. The molecule has 2 fully saturated rings. The Labute approximate surface area is 228 Å². The first-order valence-electron chi connectivity index (χ1n) is 13.9. The molecule has 1 heterocycles. The summed E-state index contributed by atoms with van der Waals surface area (Å²) >= 11 is 0. The van der Waals surface area contributed by atoms with Gasteiger partial charge < -0.3 is 19.5 Å². The third kappa shape index (κ3) is 6.05. The van der Waals surface area contributed by atoms with Crippen molar-refractivity contribution in [3.8, 4) is 0 Å². The molecule has 8 nitrogen and oxygen atoms in total. The number of benzene rings is 2. The summed E-state index contributed by atoms with van der Waals surface area (Å²) in [6.45, 7) is 4.99. The number of nitrogens with one attached hydrogen (secondary N) is 1. The topological polar surface area (TPSA) is 97.7 Å². The van der Waals surface area contributed by atoms with Crippen LogP contribution in [0.5, 0.6) is 0 Å². The molecule has 2 saturated carbocycles. The number of fused-ring (bicyclic) bond motifs is 1. The van der Waals surface area contributed by atoms with E-state index in [1.54, 1.807) is 40.8 Å². The van der Waals surface area contributed by atoms with Crippen LogP contribution in [0.15, 0.2) is 54.7 Å². The molecule has 1 N–H and O–H groups in total. The number of nitrogens with zero attached hydrogens (tertiary/aromatic N) is 2. The Bertz CT molecular complexity index is 1390. The molecule has 2 atom stereocenters. The Kier molecular flexibility index (Phi) is 7.82. The molecule has 2 aromatic carbocycles. The number of rotatable bonds is 12. The molecule has 0 saturated heterocycles. The standard InChI is InChI=1S/C31H35N3O5/c1-3-14-33(17-20-10-11-20)31(38)29(36)26-18-34(19-28(35)39-4-2)27-13-12-22(15-24(26)27)32-30(37)25-16-23(25)21-8-6-5-7-9-21/h5-9,12-13,15,18,20,23,25H,3-4,10-11,14,16-17,19H2,1-2H3,(H,32,37)/t23-,25-/m0/s1. The molecular formula is C31H35N3O5. The molecule has 0 spiro atoms. The highest BCUT2D eigenvalue weighted by Crippen LogP contribution is 2.48. The predicted molar refractivity (Wildman–Crippen MR) is 148 cm³/mol. The molecule has 0 aliphatic heterocycles. The molecule has 204 valence electrons. The first-order valence-corrected chi connectivity index (χ1v) is 13.9. The van der Waals surface area contributed by atoms with E-state index in [4.69, 9.17) is 4.74 Å². The third-order valence-electron chi connectivity index (χ3n) is 7.50. The smallest absolute Gasteiger partial charge is 0.325 e. The lowest BCUT2D eigenvalue weighted by Gasteiger charge is -2.21. The van der Waals surface area contributed by atoms with Gasteiger partial charge in [-0.3, -0.25) is 19.2 Å². The summed E-state index contributed by atoms with van der Waals surface area (Å²) in [5, 5.41) is 3.51. The zero-order chi connectivity index (χ0) is 27.5. The predicted octanol–water partition coefficient (Wildman–Crippen LogP) is 4.78. The highest BCUT2D eigenvalue weighted by Gasteiger charge is 2.43. The summed E-state index contributed by atoms with van der Waals surface area (Å²) < 4.78 is 6.75. The van der Waals surface area contributed by atoms with Crippen LogP contribution in [0.2, 0.25) is 0 Å². The fourth-order valence-electron chi connectivity index (χ4n) is 5.24. The van der Waals surface area contributed by atoms with Gasteiger partial charge in [0.2, 0.25) is 5.91 Å². The number of aromatic nitrogens is 1. The van der Waals surface area contributed by atoms with E-state index >= 15 is 0 Å². The van der Waals surface area contributed by atoms with E-state index < -0.39 is 17.7 Å². The zero-order valence-corrected chi connectivity index (χ0v) is 22.5. The Morgan fingerprint density at radius 3 is 2.51 bits per heavy atom. The molecule has 0 bridgehead atoms. The molecule has 39 heavy (non-hydrogen) atoms. The summed E-state index contributed by atoms with van der Waals surface area (Å²) in [4.78, 5) is 53.8. The fraction of sp³-hybridized carbons (Fsp3) is 0.419. The highest BCUT2D eigenvalue weighted by molar-refractivity contribution is 6.45. The van der Waals surface area contributed by atoms with Gasteiger partial charge in [-0.25, -0.2) is 0 Å². The second-order valence-electron chi connectivity index (χ2n) is 10.6. The van der Waals surface area contributed by atoms with Crippen molar-refractivity contribution in [2.24, 2.45) is 11.8 Å². The van der Waals surface area contributed by atoms with Crippen molar-refractivity contribution in [2.75, 3.05) is 25.0 Å². The van der Waals surface area contributed by atoms with Gasteiger partial charge in [0.05, 0.1) is 12.2 Å². The monoisotopic (exact) mass is 529 g/mol. The van der Waals surface area contributed by atoms with Crippen LogP contribution in [-0.4, -0.2) is 52.7 Å². The summed E-state index contributed by atoms with van der Waals surface area (Å²) in [6.07, 6.45) is 5.27. The molecule has 2 aliphatic rings. The Morgan fingerprint density at radius 2 is 1.82 bits per heavy atom. The summed E-state index contributed by atoms with van der Waals surface area (Å²) in [5.41, 5.74) is 2.54. The van der Waals surface area contributed by atoms with E-state index in [9.17, 15) is 19.2 Å². The van der Waals surface area contributed by atoms with Crippen LogP contribution in [-0.2, 0) is 25.7 Å². The number of hydrogen-bond donors (Lipinski definition) is 1. The minimum Gasteiger partial charge on any atom is -0.465 e. The van der Waals surface area contributed by atoms with Crippen molar-refractivity contribution in [1.82, 2.24) is 9.47 Å². The Morgan fingerprint density at radius 1 is 1.05 bits per heavy atom. The largest absolute Gasteiger partial charge is 0.465 e. The fourth-order valence-corrected chi connectivity index (χ4v) is 5.24. The number of carbonyl (C=O) groups excluding carboxylic acids is 4. The Balaban J connectivity index is 1.41. The van der Waals surface area contributed by atoms with Crippen molar-refractivity contribution in [2.45, 2.75) is 52.0 Å². The number of hydrogen-bond acceptors (Lipinski definition) is 5. The average Bonchev–Trinajstić information content (AvgIpc) is 3.86. The number of ether oxygens (including phenoxy) is 1. The van der Waals surface area contributed by atoms with Crippen molar-refractivity contribution in [1.29, 1.82) is 0 Å². The van der Waals surface area contributed by atoms with E-state index in [-0.39, 0.29) is 36.5 Å². The van der Waals surface area contributed by atoms with Gasteiger partial charge in [-0.1, -0.05) is 37.3 Å². The van der Waals surface area contributed by atoms with E-state index in [1.807, 2.05) is 37.3 Å². The normalized spacial score (nSPS) is 18.0. The molecule has 2 amide bonds. The third-order valence-corrected chi connectivity index (χ3v) is 7.50. The Hall–Kier alpha value is -3.94. The van der Waals surface area contributed by atoms with Crippen LogP contribution in [0.25, 0.3) is 10.9 Å². The van der Waals surface area contributed by atoms with Crippen molar-refractivity contribution >= 4 is 40.2 Å². The maximum absolute atomic E-state index is 13.5. The zero-order valence-electron chi connectivity index (χ0n) is 22.5. The molecule has 5 rings (SSSR count). The minimum atomic E-state index is -0.605. The lowest BCUT2D eigenvalue weighted by Crippen LogP contribution is -2.38. The maximum Gasteiger partial charge on any atom is 0.325 e. The number of ketones is 1. The number of Topliss-reactive ketones (excluding diaryl/α,β-unsaturated/α-hetero) is 1. The summed E-state index contributed by atoms with van der Waals surface area (Å²) in [6, 6.07) is 15.2. The average molecular weight is 530 g/mol. The molecule has 1 aromatic heterocycles. The summed E-state index contributed by atoms with van der Waals surface area (Å²) in [7, 11) is 0. The quantitative estimate of drug-likeness (QED) is 0.207.